The lowest BCUT2D eigenvalue weighted by Gasteiger charge is -2.20. The van der Waals surface area contributed by atoms with Crippen LogP contribution in [0.2, 0.25) is 0 Å². The second kappa shape index (κ2) is 7.29. The second-order valence-corrected chi connectivity index (χ2v) is 4.75. The van der Waals surface area contributed by atoms with Crippen LogP contribution in [0.15, 0.2) is 18.2 Å². The van der Waals surface area contributed by atoms with Crippen LogP contribution in [-0.4, -0.2) is 36.5 Å². The Morgan fingerprint density at radius 2 is 2.14 bits per heavy atom. The van der Waals surface area contributed by atoms with Crippen LogP contribution in [0.5, 0.6) is 0 Å². The number of rotatable bonds is 5. The molecule has 0 bridgehead atoms. The highest BCUT2D eigenvalue weighted by Crippen LogP contribution is 2.18. The molecule has 112 valence electrons. The van der Waals surface area contributed by atoms with Crippen molar-refractivity contribution in [2.75, 3.05) is 19.3 Å². The summed E-state index contributed by atoms with van der Waals surface area (Å²) in [5, 5.41) is 8.50. The number of nitrogens with two attached hydrogens (primary N) is 1. The number of hydrogen-bond donors (Lipinski definition) is 1. The summed E-state index contributed by atoms with van der Waals surface area (Å²) in [6, 6.07) is 7.00. The quantitative estimate of drug-likeness (QED) is 0.654. The van der Waals surface area contributed by atoms with Gasteiger partial charge in [-0.1, -0.05) is 12.1 Å². The second-order valence-electron chi connectivity index (χ2n) is 4.75. The number of nitrogen functional groups attached to an aromatic ring is 1. The van der Waals surface area contributed by atoms with Crippen molar-refractivity contribution in [2.24, 2.45) is 0 Å². The van der Waals surface area contributed by atoms with Crippen molar-refractivity contribution in [3.8, 4) is 6.07 Å². The summed E-state index contributed by atoms with van der Waals surface area (Å²) in [6.07, 6.45) is -0.700. The monoisotopic (exact) mass is 289 g/mol. The number of carbonyl (C=O) groups excluding carboxylic acids is 2. The van der Waals surface area contributed by atoms with Gasteiger partial charge in [-0.3, -0.25) is 4.79 Å². The highest BCUT2D eigenvalue weighted by molar-refractivity contribution is 5.97. The number of aryl methyl sites for hydroxylation is 1. The van der Waals surface area contributed by atoms with Gasteiger partial charge in [0.1, 0.15) is 0 Å². The highest BCUT2D eigenvalue weighted by Gasteiger charge is 2.23. The maximum atomic E-state index is 12.0. The predicted octanol–water partition coefficient (Wildman–Crippen LogP) is 1.49. The molecule has 2 N–H and O–H groups in total. The Hall–Kier alpha value is -2.55. The molecule has 1 aromatic carbocycles. The van der Waals surface area contributed by atoms with E-state index in [1.54, 1.807) is 32.2 Å². The fraction of sp³-hybridized carbons (Fsp3) is 0.400. The molecule has 6 heteroatoms. The Bertz CT molecular complexity index is 578. The van der Waals surface area contributed by atoms with E-state index in [9.17, 15) is 9.59 Å². The number of anilines is 1. The summed E-state index contributed by atoms with van der Waals surface area (Å²) >= 11 is 0. The largest absolute Gasteiger partial charge is 0.449 e. The van der Waals surface area contributed by atoms with Gasteiger partial charge in [-0.25, -0.2) is 4.79 Å². The molecule has 1 rings (SSSR count). The lowest BCUT2D eigenvalue weighted by Crippen LogP contribution is -2.38. The van der Waals surface area contributed by atoms with Gasteiger partial charge in [-0.05, 0) is 25.5 Å². The van der Waals surface area contributed by atoms with E-state index in [0.29, 0.717) is 12.2 Å². The molecule has 0 saturated carbocycles. The predicted molar refractivity (Wildman–Crippen MR) is 78.3 cm³/mol. The van der Waals surface area contributed by atoms with E-state index in [1.165, 1.54) is 11.8 Å². The number of likely N-dealkylation sites (N-methyl/N-ethyl adjacent to an activating group) is 1. The minimum atomic E-state index is -0.930. The van der Waals surface area contributed by atoms with Crippen molar-refractivity contribution in [3.63, 3.8) is 0 Å². The van der Waals surface area contributed by atoms with Crippen LogP contribution in [0, 0.1) is 18.3 Å². The molecule has 0 aromatic heterocycles. The Kier molecular flexibility index (Phi) is 5.73. The Morgan fingerprint density at radius 3 is 2.76 bits per heavy atom. The van der Waals surface area contributed by atoms with Crippen LogP contribution in [0.3, 0.4) is 0 Å². The molecule has 0 unspecified atom stereocenters. The summed E-state index contributed by atoms with van der Waals surface area (Å²) in [5.41, 5.74) is 7.19. The van der Waals surface area contributed by atoms with Gasteiger partial charge in [0.2, 0.25) is 0 Å². The van der Waals surface area contributed by atoms with Crippen LogP contribution in [-0.2, 0) is 9.53 Å². The number of nitrogens with zero attached hydrogens (tertiary/aromatic N) is 2. The number of hydrogen-bond acceptors (Lipinski definition) is 5. The van der Waals surface area contributed by atoms with Crippen LogP contribution < -0.4 is 5.73 Å². The van der Waals surface area contributed by atoms with Crippen LogP contribution in [0.25, 0.3) is 0 Å². The van der Waals surface area contributed by atoms with Crippen LogP contribution in [0.1, 0.15) is 29.3 Å². The Morgan fingerprint density at radius 1 is 1.48 bits per heavy atom. The van der Waals surface area contributed by atoms with Crippen LogP contribution in [0.4, 0.5) is 5.69 Å². The maximum Gasteiger partial charge on any atom is 0.341 e. The van der Waals surface area contributed by atoms with Gasteiger partial charge in [0, 0.05) is 19.3 Å². The van der Waals surface area contributed by atoms with E-state index in [2.05, 4.69) is 0 Å². The lowest BCUT2D eigenvalue weighted by atomic mass is 10.1. The van der Waals surface area contributed by atoms with Crippen molar-refractivity contribution >= 4 is 17.6 Å². The number of nitriles is 1. The summed E-state index contributed by atoms with van der Waals surface area (Å²) in [5.74, 6) is -0.990. The molecule has 1 aromatic rings. The molecule has 6 nitrogen and oxygen atoms in total. The molecule has 0 heterocycles. The van der Waals surface area contributed by atoms with Crippen LogP contribution >= 0.6 is 0 Å². The smallest absolute Gasteiger partial charge is 0.341 e. The standard InChI is InChI=1S/C15H19N3O3/c1-10-6-4-7-12(13(10)17)15(20)21-11(2)14(19)18(3)9-5-8-16/h4,6-7,11H,5,9,17H2,1-3H3/t11-/m0/s1. The van der Waals surface area contributed by atoms with Gasteiger partial charge in [-0.2, -0.15) is 5.26 Å². The lowest BCUT2D eigenvalue weighted by molar-refractivity contribution is -0.138. The molecule has 0 aliphatic heterocycles. The molecule has 0 saturated heterocycles. The zero-order valence-corrected chi connectivity index (χ0v) is 12.4. The van der Waals surface area contributed by atoms with Gasteiger partial charge in [0.25, 0.3) is 5.91 Å². The topological polar surface area (TPSA) is 96.4 Å². The molecule has 0 radical (unpaired) electrons. The molecule has 0 aliphatic carbocycles. The SMILES string of the molecule is Cc1cccc(C(=O)O[C@@H](C)C(=O)N(C)CCC#N)c1N. The van der Waals surface area contributed by atoms with E-state index in [1.807, 2.05) is 6.07 Å². The molecular weight excluding hydrogens is 270 g/mol. The van der Waals surface area contributed by atoms with Gasteiger partial charge < -0.3 is 15.4 Å². The van der Waals surface area contributed by atoms with Gasteiger partial charge in [-0.15, -0.1) is 0 Å². The first-order chi connectivity index (χ1) is 9.88. The third-order valence-corrected chi connectivity index (χ3v) is 3.11. The average molecular weight is 289 g/mol. The van der Waals surface area contributed by atoms with Gasteiger partial charge >= 0.3 is 5.97 Å². The van der Waals surface area contributed by atoms with Crippen molar-refractivity contribution in [2.45, 2.75) is 26.4 Å². The Balaban J connectivity index is 2.72. The number of benzene rings is 1. The molecule has 1 atom stereocenters. The minimum absolute atomic E-state index is 0.230. The molecular formula is C15H19N3O3. The first kappa shape index (κ1) is 16.5. The molecule has 1 amide bonds. The number of ether oxygens (including phenoxy) is 1. The average Bonchev–Trinajstić information content (AvgIpc) is 2.46. The van der Waals surface area contributed by atoms with E-state index < -0.39 is 12.1 Å². The Labute approximate surface area is 124 Å². The third-order valence-electron chi connectivity index (χ3n) is 3.11. The number of para-hydroxylation sites is 1. The van der Waals surface area contributed by atoms with E-state index in [-0.39, 0.29) is 17.9 Å². The maximum absolute atomic E-state index is 12.0. The van der Waals surface area contributed by atoms with Gasteiger partial charge in [0.05, 0.1) is 18.1 Å². The first-order valence-corrected chi connectivity index (χ1v) is 6.56. The normalized spacial score (nSPS) is 11.3. The number of esters is 1. The zero-order valence-electron chi connectivity index (χ0n) is 12.4. The summed E-state index contributed by atoms with van der Waals surface area (Å²) in [6.45, 7) is 3.58. The third kappa shape index (κ3) is 4.21. The number of carbonyl (C=O) groups is 2. The molecule has 0 aliphatic rings. The van der Waals surface area contributed by atoms with Crippen molar-refractivity contribution in [1.82, 2.24) is 4.90 Å². The van der Waals surface area contributed by atoms with E-state index in [0.717, 1.165) is 5.56 Å². The fourth-order valence-corrected chi connectivity index (χ4v) is 1.77. The first-order valence-electron chi connectivity index (χ1n) is 6.56. The summed E-state index contributed by atoms with van der Waals surface area (Å²) in [4.78, 5) is 25.4. The number of amides is 1. The molecule has 0 spiro atoms. The van der Waals surface area contributed by atoms with E-state index in [4.69, 9.17) is 15.7 Å². The molecule has 0 fully saturated rings. The highest BCUT2D eigenvalue weighted by atomic mass is 16.5. The van der Waals surface area contributed by atoms with Crippen molar-refractivity contribution < 1.29 is 14.3 Å². The zero-order chi connectivity index (χ0) is 16.0. The van der Waals surface area contributed by atoms with E-state index >= 15 is 0 Å². The minimum Gasteiger partial charge on any atom is -0.449 e. The van der Waals surface area contributed by atoms with Crippen molar-refractivity contribution in [3.05, 3.63) is 29.3 Å². The fourth-order valence-electron chi connectivity index (χ4n) is 1.77. The van der Waals surface area contributed by atoms with Gasteiger partial charge in [0.15, 0.2) is 6.10 Å². The van der Waals surface area contributed by atoms with Crippen molar-refractivity contribution in [1.29, 1.82) is 5.26 Å². The summed E-state index contributed by atoms with van der Waals surface area (Å²) in [7, 11) is 1.56. The summed E-state index contributed by atoms with van der Waals surface area (Å²) < 4.78 is 5.14. The molecule has 21 heavy (non-hydrogen) atoms.